The summed E-state index contributed by atoms with van der Waals surface area (Å²) < 4.78 is 6.96. The minimum atomic E-state index is -0.620. The van der Waals surface area contributed by atoms with Gasteiger partial charge in [-0.2, -0.15) is 4.98 Å². The van der Waals surface area contributed by atoms with E-state index in [1.54, 1.807) is 24.1 Å². The molecule has 0 unspecified atom stereocenters. The number of anilines is 1. The fourth-order valence-corrected chi connectivity index (χ4v) is 3.79. The predicted molar refractivity (Wildman–Crippen MR) is 115 cm³/mol. The zero-order chi connectivity index (χ0) is 22.2. The van der Waals surface area contributed by atoms with E-state index in [0.717, 1.165) is 0 Å². The first-order valence-corrected chi connectivity index (χ1v) is 10.3. The lowest BCUT2D eigenvalue weighted by Crippen LogP contribution is -2.62. The van der Waals surface area contributed by atoms with Crippen molar-refractivity contribution in [2.45, 2.75) is 51.8 Å². The molecule has 2 aromatic heterocycles. The van der Waals surface area contributed by atoms with Gasteiger partial charge in [0.25, 0.3) is 0 Å². The van der Waals surface area contributed by atoms with E-state index in [1.807, 2.05) is 32.6 Å². The Labute approximate surface area is 180 Å². The molecule has 1 aliphatic rings. The summed E-state index contributed by atoms with van der Waals surface area (Å²) >= 11 is 6.11. The van der Waals surface area contributed by atoms with Gasteiger partial charge in [0.15, 0.2) is 5.82 Å². The number of carbonyl (C=O) groups is 1. The molecule has 0 bridgehead atoms. The van der Waals surface area contributed by atoms with Crippen molar-refractivity contribution in [2.24, 2.45) is 7.05 Å². The summed E-state index contributed by atoms with van der Waals surface area (Å²) in [6, 6.07) is 2.69. The van der Waals surface area contributed by atoms with Crippen molar-refractivity contribution in [1.82, 2.24) is 19.4 Å². The van der Waals surface area contributed by atoms with E-state index in [1.165, 1.54) is 4.57 Å². The largest absolute Gasteiger partial charge is 0.444 e. The van der Waals surface area contributed by atoms with Crippen LogP contribution in [0.3, 0.4) is 0 Å². The third-order valence-corrected chi connectivity index (χ3v) is 5.39. The van der Waals surface area contributed by atoms with E-state index in [4.69, 9.17) is 16.3 Å². The molecule has 0 spiro atoms. The number of amides is 1. The van der Waals surface area contributed by atoms with Crippen molar-refractivity contribution < 1.29 is 14.6 Å². The molecule has 1 aliphatic heterocycles. The molecule has 164 valence electrons. The van der Waals surface area contributed by atoms with Gasteiger partial charge in [-0.3, -0.25) is 4.57 Å². The number of aromatic nitrogens is 3. The molecule has 0 aromatic carbocycles. The number of piperazine rings is 1. The maximum Gasteiger partial charge on any atom is 0.410 e. The zero-order valence-electron chi connectivity index (χ0n) is 17.9. The number of aliphatic hydroxyl groups excluding tert-OH is 1. The van der Waals surface area contributed by atoms with Gasteiger partial charge in [0.1, 0.15) is 16.3 Å². The Kier molecular flexibility index (Phi) is 6.24. The highest BCUT2D eigenvalue weighted by Gasteiger charge is 2.38. The van der Waals surface area contributed by atoms with E-state index in [0.29, 0.717) is 29.8 Å². The summed E-state index contributed by atoms with van der Waals surface area (Å²) in [4.78, 5) is 37.3. The van der Waals surface area contributed by atoms with Crippen molar-refractivity contribution >= 4 is 34.5 Å². The molecule has 1 N–H and O–H groups in total. The minimum Gasteiger partial charge on any atom is -0.444 e. The van der Waals surface area contributed by atoms with Gasteiger partial charge in [-0.15, -0.1) is 0 Å². The summed E-state index contributed by atoms with van der Waals surface area (Å²) in [5.41, 5.74) is 0.0175. The fourth-order valence-electron chi connectivity index (χ4n) is 3.64. The van der Waals surface area contributed by atoms with Crippen LogP contribution in [0, 0.1) is 0 Å². The van der Waals surface area contributed by atoms with Crippen LogP contribution in [0.2, 0.25) is 5.15 Å². The highest BCUT2D eigenvalue weighted by molar-refractivity contribution is 6.29. The average Bonchev–Trinajstić information content (AvgIpc) is 2.68. The molecule has 1 saturated heterocycles. The molecule has 1 fully saturated rings. The standard InChI is InChI=1S/C20H28ClN5O4/c1-6-12-9-25(13(11-27)10-26(12)19(29)30-20(2,3)4)17-16-14(7-8-15(21)22-16)24(5)18(28)23-17/h7-8,12-13,27H,6,9-11H2,1-5H3/t12-,13-/m1/s1. The summed E-state index contributed by atoms with van der Waals surface area (Å²) in [6.45, 7) is 7.82. The van der Waals surface area contributed by atoms with Crippen LogP contribution in [-0.2, 0) is 11.8 Å². The molecule has 2 aromatic rings. The molecule has 1 amide bonds. The second-order valence-electron chi connectivity index (χ2n) is 8.46. The van der Waals surface area contributed by atoms with Crippen LogP contribution < -0.4 is 10.6 Å². The van der Waals surface area contributed by atoms with Gasteiger partial charge in [0, 0.05) is 20.1 Å². The Balaban J connectivity index is 2.04. The number of pyridine rings is 1. The second kappa shape index (κ2) is 8.39. The molecule has 0 radical (unpaired) electrons. The van der Waals surface area contributed by atoms with E-state index in [9.17, 15) is 14.7 Å². The first kappa shape index (κ1) is 22.3. The quantitative estimate of drug-likeness (QED) is 0.734. The normalized spacial score (nSPS) is 20.0. The topological polar surface area (TPSA) is 101 Å². The Bertz CT molecular complexity index is 1000. The molecule has 2 atom stereocenters. The third-order valence-electron chi connectivity index (χ3n) is 5.18. The van der Waals surface area contributed by atoms with Gasteiger partial charge in [-0.1, -0.05) is 18.5 Å². The van der Waals surface area contributed by atoms with Gasteiger partial charge in [-0.05, 0) is 39.3 Å². The van der Waals surface area contributed by atoms with Gasteiger partial charge >= 0.3 is 11.8 Å². The highest BCUT2D eigenvalue weighted by Crippen LogP contribution is 2.29. The van der Waals surface area contributed by atoms with Crippen molar-refractivity contribution in [1.29, 1.82) is 0 Å². The lowest BCUT2D eigenvalue weighted by molar-refractivity contribution is 0.00773. The SMILES string of the molecule is CC[C@@H]1CN(c2nc(=O)n(C)c3ccc(Cl)nc23)[C@@H](CO)CN1C(=O)OC(C)(C)C. The molecule has 0 saturated carbocycles. The summed E-state index contributed by atoms with van der Waals surface area (Å²) in [5, 5.41) is 10.4. The van der Waals surface area contributed by atoms with Crippen LogP contribution in [0.4, 0.5) is 10.6 Å². The van der Waals surface area contributed by atoms with Gasteiger partial charge < -0.3 is 19.6 Å². The molecule has 0 aliphatic carbocycles. The Morgan fingerprint density at radius 3 is 2.57 bits per heavy atom. The number of aryl methyl sites for hydroxylation is 1. The number of aliphatic hydroxyl groups is 1. The molecule has 3 heterocycles. The summed E-state index contributed by atoms with van der Waals surface area (Å²) in [6.07, 6.45) is 0.251. The fraction of sp³-hybridized carbons (Fsp3) is 0.600. The lowest BCUT2D eigenvalue weighted by Gasteiger charge is -2.46. The van der Waals surface area contributed by atoms with Crippen LogP contribution in [0.25, 0.3) is 11.0 Å². The first-order chi connectivity index (χ1) is 14.1. The van der Waals surface area contributed by atoms with Crippen molar-refractivity contribution in [3.8, 4) is 0 Å². The van der Waals surface area contributed by atoms with E-state index in [2.05, 4.69) is 9.97 Å². The van der Waals surface area contributed by atoms with Crippen molar-refractivity contribution in [3.05, 3.63) is 27.8 Å². The Hall–Kier alpha value is -2.39. The number of rotatable bonds is 3. The average molecular weight is 438 g/mol. The van der Waals surface area contributed by atoms with E-state index < -0.39 is 23.4 Å². The number of carbonyl (C=O) groups excluding carboxylic acids is 1. The first-order valence-electron chi connectivity index (χ1n) is 9.96. The number of hydrogen-bond acceptors (Lipinski definition) is 7. The maximum atomic E-state index is 12.7. The van der Waals surface area contributed by atoms with E-state index >= 15 is 0 Å². The van der Waals surface area contributed by atoms with Crippen LogP contribution in [0.1, 0.15) is 34.1 Å². The van der Waals surface area contributed by atoms with Crippen LogP contribution >= 0.6 is 11.6 Å². The van der Waals surface area contributed by atoms with Gasteiger partial charge in [0.2, 0.25) is 0 Å². The number of ether oxygens (including phenoxy) is 1. The minimum absolute atomic E-state index is 0.178. The van der Waals surface area contributed by atoms with E-state index in [-0.39, 0.29) is 24.3 Å². The summed E-state index contributed by atoms with van der Waals surface area (Å²) in [7, 11) is 1.62. The number of halogens is 1. The van der Waals surface area contributed by atoms with Gasteiger partial charge in [0.05, 0.1) is 24.2 Å². The van der Waals surface area contributed by atoms with Crippen molar-refractivity contribution in [3.63, 3.8) is 0 Å². The maximum absolute atomic E-state index is 12.7. The molecule has 3 rings (SSSR count). The smallest absolute Gasteiger partial charge is 0.410 e. The number of nitrogens with zero attached hydrogens (tertiary/aromatic N) is 5. The second-order valence-corrected chi connectivity index (χ2v) is 8.85. The molecule has 9 nitrogen and oxygen atoms in total. The third kappa shape index (κ3) is 4.37. The predicted octanol–water partition coefficient (Wildman–Crippen LogP) is 2.18. The van der Waals surface area contributed by atoms with Gasteiger partial charge in [-0.25, -0.2) is 14.6 Å². The molecule has 10 heteroatoms. The number of hydrogen-bond donors (Lipinski definition) is 1. The monoisotopic (exact) mass is 437 g/mol. The number of fused-ring (bicyclic) bond motifs is 1. The zero-order valence-corrected chi connectivity index (χ0v) is 18.7. The Morgan fingerprint density at radius 2 is 1.97 bits per heavy atom. The van der Waals surface area contributed by atoms with Crippen LogP contribution in [-0.4, -0.2) is 68.0 Å². The van der Waals surface area contributed by atoms with Crippen LogP contribution in [0.15, 0.2) is 16.9 Å². The lowest BCUT2D eigenvalue weighted by atomic mass is 10.0. The summed E-state index contributed by atoms with van der Waals surface area (Å²) in [5.74, 6) is 0.358. The highest BCUT2D eigenvalue weighted by atomic mass is 35.5. The molecule has 30 heavy (non-hydrogen) atoms. The molecular formula is C20H28ClN5O4. The van der Waals surface area contributed by atoms with Crippen LogP contribution in [0.5, 0.6) is 0 Å². The van der Waals surface area contributed by atoms with Crippen molar-refractivity contribution in [2.75, 3.05) is 24.6 Å². The Morgan fingerprint density at radius 1 is 1.27 bits per heavy atom. The molecular weight excluding hydrogens is 410 g/mol.